The molecule has 1 unspecified atom stereocenters. The van der Waals surface area contributed by atoms with Crippen LogP contribution in [-0.4, -0.2) is 37.5 Å². The Kier molecular flexibility index (Phi) is 8.46. The third kappa shape index (κ3) is 8.19. The number of hydrogen-bond acceptors (Lipinski definition) is 4. The predicted octanol–water partition coefficient (Wildman–Crippen LogP) is -1.30. The summed E-state index contributed by atoms with van der Waals surface area (Å²) in [6.07, 6.45) is 2.85. The maximum absolute atomic E-state index is 11.3. The van der Waals surface area contributed by atoms with Crippen LogP contribution in [-0.2, 0) is 9.59 Å². The number of nitrogens with two attached hydrogens (primary N) is 2. The van der Waals surface area contributed by atoms with E-state index in [4.69, 9.17) is 11.5 Å². The molecule has 6 nitrogen and oxygen atoms in total. The minimum Gasteiger partial charge on any atom is -0.352 e. The first-order valence-corrected chi connectivity index (χ1v) is 5.56. The van der Waals surface area contributed by atoms with Crippen molar-refractivity contribution in [2.45, 2.75) is 32.2 Å². The minimum absolute atomic E-state index is 0.0166. The monoisotopic (exact) mass is 230 g/mol. The molecule has 2 amide bonds. The first-order valence-electron chi connectivity index (χ1n) is 5.56. The molecule has 0 aromatic rings. The van der Waals surface area contributed by atoms with Crippen LogP contribution in [0.25, 0.3) is 0 Å². The number of unbranched alkanes of at least 4 members (excludes halogenated alkanes) is 1. The van der Waals surface area contributed by atoms with E-state index in [1.54, 1.807) is 0 Å². The van der Waals surface area contributed by atoms with Gasteiger partial charge in [0.2, 0.25) is 11.8 Å². The highest BCUT2D eigenvalue weighted by molar-refractivity contribution is 5.85. The van der Waals surface area contributed by atoms with Crippen molar-refractivity contribution < 1.29 is 9.59 Å². The molecule has 0 rings (SSSR count). The van der Waals surface area contributed by atoms with Gasteiger partial charge in [-0.2, -0.15) is 0 Å². The number of rotatable bonds is 8. The van der Waals surface area contributed by atoms with E-state index in [-0.39, 0.29) is 30.9 Å². The average molecular weight is 230 g/mol. The molecule has 0 aromatic heterocycles. The molecule has 1 atom stereocenters. The average Bonchev–Trinajstić information content (AvgIpc) is 2.26. The topological polar surface area (TPSA) is 110 Å². The molecule has 94 valence electrons. The molecular weight excluding hydrogens is 208 g/mol. The number of amides is 2. The zero-order valence-corrected chi connectivity index (χ0v) is 9.79. The molecule has 0 saturated carbocycles. The van der Waals surface area contributed by atoms with Gasteiger partial charge < -0.3 is 22.1 Å². The molecule has 6 heteroatoms. The summed E-state index contributed by atoms with van der Waals surface area (Å²) in [6.45, 7) is 2.49. The first-order chi connectivity index (χ1) is 7.60. The Morgan fingerprint density at radius 3 is 2.44 bits per heavy atom. The van der Waals surface area contributed by atoms with E-state index in [9.17, 15) is 9.59 Å². The van der Waals surface area contributed by atoms with Crippen molar-refractivity contribution in [1.29, 1.82) is 0 Å². The van der Waals surface area contributed by atoms with Gasteiger partial charge in [0.1, 0.15) is 0 Å². The van der Waals surface area contributed by atoms with Gasteiger partial charge in [-0.1, -0.05) is 6.42 Å². The zero-order chi connectivity index (χ0) is 12.4. The largest absolute Gasteiger partial charge is 0.352 e. The van der Waals surface area contributed by atoms with Gasteiger partial charge in [0.15, 0.2) is 0 Å². The van der Waals surface area contributed by atoms with E-state index in [0.717, 1.165) is 19.3 Å². The van der Waals surface area contributed by atoms with Crippen LogP contribution in [0.4, 0.5) is 0 Å². The Bertz CT molecular complexity index is 221. The Hall–Kier alpha value is -1.14. The maximum Gasteiger partial charge on any atom is 0.239 e. The Morgan fingerprint density at radius 1 is 1.19 bits per heavy atom. The zero-order valence-electron chi connectivity index (χ0n) is 9.79. The predicted molar refractivity (Wildman–Crippen MR) is 62.6 cm³/mol. The lowest BCUT2D eigenvalue weighted by Gasteiger charge is -2.13. The highest BCUT2D eigenvalue weighted by atomic mass is 16.2. The van der Waals surface area contributed by atoms with Gasteiger partial charge in [-0.25, -0.2) is 0 Å². The summed E-state index contributed by atoms with van der Waals surface area (Å²) in [5.41, 5.74) is 10.5. The quantitative estimate of drug-likeness (QED) is 0.388. The summed E-state index contributed by atoms with van der Waals surface area (Å²) in [5.74, 6) is -0.520. The number of nitrogens with one attached hydrogen (secondary N) is 2. The van der Waals surface area contributed by atoms with Crippen molar-refractivity contribution in [3.8, 4) is 0 Å². The van der Waals surface area contributed by atoms with Crippen LogP contribution >= 0.6 is 0 Å². The Morgan fingerprint density at radius 2 is 1.88 bits per heavy atom. The molecule has 0 bridgehead atoms. The van der Waals surface area contributed by atoms with E-state index in [0.29, 0.717) is 6.54 Å². The molecule has 0 aliphatic carbocycles. The molecule has 0 aliphatic rings. The highest BCUT2D eigenvalue weighted by Crippen LogP contribution is 1.98. The van der Waals surface area contributed by atoms with E-state index >= 15 is 0 Å². The Labute approximate surface area is 96.1 Å². The summed E-state index contributed by atoms with van der Waals surface area (Å²) in [6, 6.07) is 0.105. The third-order valence-corrected chi connectivity index (χ3v) is 2.13. The van der Waals surface area contributed by atoms with Gasteiger partial charge >= 0.3 is 0 Å². The normalized spacial score (nSPS) is 11.9. The van der Waals surface area contributed by atoms with Crippen molar-refractivity contribution >= 4 is 11.8 Å². The lowest BCUT2D eigenvalue weighted by Crippen LogP contribution is -2.42. The van der Waals surface area contributed by atoms with Crippen LogP contribution in [0.1, 0.15) is 26.2 Å². The second-order valence-electron chi connectivity index (χ2n) is 3.73. The van der Waals surface area contributed by atoms with Crippen molar-refractivity contribution in [3.05, 3.63) is 0 Å². The lowest BCUT2D eigenvalue weighted by atomic mass is 10.1. The van der Waals surface area contributed by atoms with Crippen LogP contribution in [0, 0.1) is 0 Å². The second-order valence-corrected chi connectivity index (χ2v) is 3.73. The van der Waals surface area contributed by atoms with Crippen molar-refractivity contribution in [2.24, 2.45) is 11.5 Å². The summed E-state index contributed by atoms with van der Waals surface area (Å²) >= 11 is 0. The minimum atomic E-state index is -0.328. The van der Waals surface area contributed by atoms with Gasteiger partial charge in [-0.3, -0.25) is 9.59 Å². The van der Waals surface area contributed by atoms with Crippen LogP contribution in [0.15, 0.2) is 0 Å². The fourth-order valence-electron chi connectivity index (χ4n) is 1.24. The Balaban J connectivity index is 3.57. The molecule has 16 heavy (non-hydrogen) atoms. The molecule has 0 radical (unpaired) electrons. The number of hydrogen-bond donors (Lipinski definition) is 4. The fourth-order valence-corrected chi connectivity index (χ4v) is 1.24. The molecule has 0 aromatic carbocycles. The summed E-state index contributed by atoms with van der Waals surface area (Å²) in [4.78, 5) is 22.1. The van der Waals surface area contributed by atoms with E-state index < -0.39 is 0 Å². The summed E-state index contributed by atoms with van der Waals surface area (Å²) < 4.78 is 0. The van der Waals surface area contributed by atoms with Gasteiger partial charge in [0.05, 0.1) is 13.1 Å². The van der Waals surface area contributed by atoms with Crippen molar-refractivity contribution in [1.82, 2.24) is 10.6 Å². The third-order valence-electron chi connectivity index (χ3n) is 2.13. The second kappa shape index (κ2) is 9.11. The SMILES string of the molecule is CC(CCCCN)NC(=O)CNC(=O)CN. The molecule has 0 heterocycles. The highest BCUT2D eigenvalue weighted by Gasteiger charge is 2.07. The number of carbonyl (C=O) groups excluding carboxylic acids is 2. The van der Waals surface area contributed by atoms with Crippen molar-refractivity contribution in [2.75, 3.05) is 19.6 Å². The van der Waals surface area contributed by atoms with Crippen LogP contribution in [0.5, 0.6) is 0 Å². The van der Waals surface area contributed by atoms with Gasteiger partial charge in [0, 0.05) is 6.04 Å². The molecule has 0 saturated heterocycles. The summed E-state index contributed by atoms with van der Waals surface area (Å²) in [7, 11) is 0. The van der Waals surface area contributed by atoms with E-state index in [1.165, 1.54) is 0 Å². The smallest absolute Gasteiger partial charge is 0.239 e. The summed E-state index contributed by atoms with van der Waals surface area (Å²) in [5, 5.41) is 5.19. The number of carbonyl (C=O) groups is 2. The fraction of sp³-hybridized carbons (Fsp3) is 0.800. The first kappa shape index (κ1) is 14.9. The van der Waals surface area contributed by atoms with Gasteiger partial charge in [0.25, 0.3) is 0 Å². The van der Waals surface area contributed by atoms with Gasteiger partial charge in [-0.15, -0.1) is 0 Å². The molecule has 6 N–H and O–H groups in total. The maximum atomic E-state index is 11.3. The van der Waals surface area contributed by atoms with Gasteiger partial charge in [-0.05, 0) is 26.3 Å². The van der Waals surface area contributed by atoms with Crippen LogP contribution < -0.4 is 22.1 Å². The molecule has 0 aliphatic heterocycles. The molecule has 0 fully saturated rings. The molecule has 0 spiro atoms. The molecular formula is C10H22N4O2. The van der Waals surface area contributed by atoms with E-state index in [2.05, 4.69) is 10.6 Å². The van der Waals surface area contributed by atoms with Crippen LogP contribution in [0.3, 0.4) is 0 Å². The lowest BCUT2D eigenvalue weighted by molar-refractivity contribution is -0.125. The standard InChI is InChI=1S/C10H22N4O2/c1-8(4-2-3-5-11)14-10(16)7-13-9(15)6-12/h8H,2-7,11-12H2,1H3,(H,13,15)(H,14,16). The van der Waals surface area contributed by atoms with E-state index in [1.807, 2.05) is 6.92 Å². The van der Waals surface area contributed by atoms with Crippen molar-refractivity contribution in [3.63, 3.8) is 0 Å². The van der Waals surface area contributed by atoms with Crippen LogP contribution in [0.2, 0.25) is 0 Å².